The fraction of sp³-hybridized carbons (Fsp3) is 0.0909. The van der Waals surface area contributed by atoms with E-state index < -0.39 is 5.97 Å². The van der Waals surface area contributed by atoms with Crippen LogP contribution in [0.15, 0.2) is 52.9 Å². The third-order valence-electron chi connectivity index (χ3n) is 4.79. The molecule has 7 heteroatoms. The predicted octanol–water partition coefficient (Wildman–Crippen LogP) is 6.31. The number of rotatable bonds is 4. The zero-order valence-electron chi connectivity index (χ0n) is 15.4. The summed E-state index contributed by atoms with van der Waals surface area (Å²) in [4.78, 5) is 16.2. The molecule has 2 aromatic carbocycles. The highest BCUT2D eigenvalue weighted by Gasteiger charge is 2.26. The molecule has 146 valence electrons. The van der Waals surface area contributed by atoms with Crippen molar-refractivity contribution in [1.29, 1.82) is 0 Å². The smallest absolute Gasteiger partial charge is 0.374 e. The molecule has 0 saturated heterocycles. The molecule has 5 nitrogen and oxygen atoms in total. The monoisotopic (exact) mass is 426 g/mol. The zero-order chi connectivity index (χ0) is 20.7. The van der Waals surface area contributed by atoms with Crippen molar-refractivity contribution in [1.82, 2.24) is 4.98 Å². The van der Waals surface area contributed by atoms with Gasteiger partial charge in [0.15, 0.2) is 0 Å². The summed E-state index contributed by atoms with van der Waals surface area (Å²) >= 11 is 12.5. The van der Waals surface area contributed by atoms with Gasteiger partial charge in [-0.15, -0.1) is 0 Å². The second-order valence-corrected chi connectivity index (χ2v) is 7.33. The highest BCUT2D eigenvalue weighted by Crippen LogP contribution is 2.43. The second kappa shape index (κ2) is 7.43. The van der Waals surface area contributed by atoms with Crippen LogP contribution >= 0.6 is 23.2 Å². The van der Waals surface area contributed by atoms with Crippen molar-refractivity contribution in [3.63, 3.8) is 0 Å². The van der Waals surface area contributed by atoms with Crippen LogP contribution in [0, 0.1) is 0 Å². The van der Waals surface area contributed by atoms with E-state index in [4.69, 9.17) is 33.4 Å². The first-order valence-corrected chi connectivity index (χ1v) is 9.67. The topological polar surface area (TPSA) is 89.3 Å². The predicted molar refractivity (Wildman–Crippen MR) is 116 cm³/mol. The molecule has 3 N–H and O–H groups in total. The zero-order valence-corrected chi connectivity index (χ0v) is 16.9. The number of furan rings is 1. The van der Waals surface area contributed by atoms with Crippen LogP contribution in [-0.4, -0.2) is 16.1 Å². The summed E-state index contributed by atoms with van der Waals surface area (Å²) in [6.45, 7) is 1.97. The van der Waals surface area contributed by atoms with E-state index in [0.717, 1.165) is 16.7 Å². The lowest BCUT2D eigenvalue weighted by Gasteiger charge is -2.16. The van der Waals surface area contributed by atoms with Gasteiger partial charge < -0.3 is 15.3 Å². The van der Waals surface area contributed by atoms with Crippen molar-refractivity contribution in [2.75, 3.05) is 5.73 Å². The third kappa shape index (κ3) is 3.22. The number of halogens is 2. The van der Waals surface area contributed by atoms with Gasteiger partial charge >= 0.3 is 5.97 Å². The molecule has 0 saturated carbocycles. The Kier molecular flexibility index (Phi) is 4.94. The van der Waals surface area contributed by atoms with Gasteiger partial charge in [-0.1, -0.05) is 60.5 Å². The summed E-state index contributed by atoms with van der Waals surface area (Å²) in [5.74, 6) is -1.56. The molecule has 0 aliphatic rings. The van der Waals surface area contributed by atoms with Crippen molar-refractivity contribution in [2.45, 2.75) is 13.3 Å². The summed E-state index contributed by atoms with van der Waals surface area (Å²) < 4.78 is 5.51. The molecule has 0 aliphatic carbocycles. The highest BCUT2D eigenvalue weighted by molar-refractivity contribution is 6.33. The first-order chi connectivity index (χ1) is 13.9. The van der Waals surface area contributed by atoms with E-state index in [1.165, 1.54) is 0 Å². The van der Waals surface area contributed by atoms with Gasteiger partial charge in [0.2, 0.25) is 11.5 Å². The van der Waals surface area contributed by atoms with Gasteiger partial charge in [0.25, 0.3) is 0 Å². The van der Waals surface area contributed by atoms with Crippen LogP contribution in [0.4, 0.5) is 5.69 Å². The Hall–Kier alpha value is -3.02. The van der Waals surface area contributed by atoms with E-state index in [0.29, 0.717) is 33.1 Å². The van der Waals surface area contributed by atoms with Crippen molar-refractivity contribution >= 4 is 46.0 Å². The number of hydrogen-bond acceptors (Lipinski definition) is 4. The number of carboxylic acid groups (broad SMARTS) is 1. The number of aryl methyl sites for hydroxylation is 1. The van der Waals surface area contributed by atoms with E-state index in [1.807, 2.05) is 37.3 Å². The number of nitrogens with two attached hydrogens (primary N) is 1. The Bertz CT molecular complexity index is 1250. The maximum atomic E-state index is 11.6. The van der Waals surface area contributed by atoms with Crippen LogP contribution in [-0.2, 0) is 6.42 Å². The van der Waals surface area contributed by atoms with Crippen LogP contribution in [0.25, 0.3) is 33.5 Å². The number of anilines is 1. The summed E-state index contributed by atoms with van der Waals surface area (Å²) in [5, 5.41) is 11.1. The normalized spacial score (nSPS) is 11.1. The van der Waals surface area contributed by atoms with Crippen LogP contribution in [0.5, 0.6) is 0 Å². The van der Waals surface area contributed by atoms with Crippen LogP contribution in [0.1, 0.15) is 23.0 Å². The summed E-state index contributed by atoms with van der Waals surface area (Å²) in [6, 6.07) is 14.7. The minimum absolute atomic E-state index is 0.0674. The summed E-state index contributed by atoms with van der Waals surface area (Å²) in [7, 11) is 0. The maximum Gasteiger partial charge on any atom is 0.374 e. The second-order valence-electron chi connectivity index (χ2n) is 6.48. The quantitative estimate of drug-likeness (QED) is 0.398. The van der Waals surface area contributed by atoms with Gasteiger partial charge in [0.05, 0.1) is 16.8 Å². The molecule has 0 amide bonds. The minimum atomic E-state index is -1.24. The summed E-state index contributed by atoms with van der Waals surface area (Å²) in [5.41, 5.74) is 10.2. The molecule has 4 aromatic rings. The van der Waals surface area contributed by atoms with E-state index in [-0.39, 0.29) is 17.2 Å². The van der Waals surface area contributed by atoms with Crippen LogP contribution < -0.4 is 5.73 Å². The molecule has 4 rings (SSSR count). The van der Waals surface area contributed by atoms with Crippen molar-refractivity contribution in [3.05, 3.63) is 69.9 Å². The number of fused-ring (bicyclic) bond motifs is 1. The Balaban J connectivity index is 2.18. The van der Waals surface area contributed by atoms with Crippen molar-refractivity contribution in [3.8, 4) is 22.4 Å². The number of carboxylic acids is 1. The Morgan fingerprint density at radius 2 is 1.83 bits per heavy atom. The van der Waals surface area contributed by atoms with Crippen LogP contribution in [0.3, 0.4) is 0 Å². The fourth-order valence-electron chi connectivity index (χ4n) is 3.52. The Morgan fingerprint density at radius 3 is 2.45 bits per heavy atom. The van der Waals surface area contributed by atoms with E-state index in [1.54, 1.807) is 18.2 Å². The number of aromatic carboxylic acids is 1. The standard InChI is InChI=1S/C22H16Cl2N2O3/c1-2-13-16(11-7-9-12(23)10-8-11)19(14-5-3-4-6-15(14)24)26-21-17(13)18(25)20(29-21)22(27)28/h3-10H,2,25H2,1H3,(H,27,28). The largest absolute Gasteiger partial charge is 0.475 e. The third-order valence-corrected chi connectivity index (χ3v) is 5.37. The first-order valence-electron chi connectivity index (χ1n) is 8.91. The molecule has 0 bridgehead atoms. The lowest BCUT2D eigenvalue weighted by molar-refractivity contribution is 0.0666. The molecule has 0 spiro atoms. The van der Waals surface area contributed by atoms with Gasteiger partial charge in [0, 0.05) is 21.2 Å². The SMILES string of the molecule is CCc1c(-c2ccc(Cl)cc2)c(-c2ccccc2Cl)nc2oc(C(=O)O)c(N)c12. The molecule has 2 heterocycles. The number of nitrogen functional groups attached to an aromatic ring is 1. The Labute approximate surface area is 176 Å². The molecule has 0 aliphatic heterocycles. The van der Waals surface area contributed by atoms with Gasteiger partial charge in [0.1, 0.15) is 0 Å². The van der Waals surface area contributed by atoms with Crippen molar-refractivity contribution < 1.29 is 14.3 Å². The van der Waals surface area contributed by atoms with Crippen molar-refractivity contribution in [2.24, 2.45) is 0 Å². The highest BCUT2D eigenvalue weighted by atomic mass is 35.5. The molecule has 2 aromatic heterocycles. The Morgan fingerprint density at radius 1 is 1.14 bits per heavy atom. The maximum absolute atomic E-state index is 11.6. The molecule has 0 fully saturated rings. The first kappa shape index (κ1) is 19.3. The van der Waals surface area contributed by atoms with E-state index in [2.05, 4.69) is 4.98 Å². The lowest BCUT2D eigenvalue weighted by Crippen LogP contribution is -2.00. The average Bonchev–Trinajstić information content (AvgIpc) is 3.04. The molecule has 29 heavy (non-hydrogen) atoms. The number of hydrogen-bond donors (Lipinski definition) is 2. The summed E-state index contributed by atoms with van der Waals surface area (Å²) in [6.07, 6.45) is 0.581. The molecule has 0 unspecified atom stereocenters. The number of nitrogens with zero attached hydrogens (tertiary/aromatic N) is 1. The van der Waals surface area contributed by atoms with Crippen LogP contribution in [0.2, 0.25) is 10.0 Å². The molecular weight excluding hydrogens is 411 g/mol. The lowest BCUT2D eigenvalue weighted by atomic mass is 9.91. The minimum Gasteiger partial charge on any atom is -0.475 e. The van der Waals surface area contributed by atoms with Gasteiger partial charge in [-0.2, -0.15) is 0 Å². The average molecular weight is 427 g/mol. The fourth-order valence-corrected chi connectivity index (χ4v) is 3.87. The number of pyridine rings is 1. The number of aromatic nitrogens is 1. The van der Waals surface area contributed by atoms with E-state index in [9.17, 15) is 9.90 Å². The molecule has 0 radical (unpaired) electrons. The number of benzene rings is 2. The molecule has 0 atom stereocenters. The van der Waals surface area contributed by atoms with E-state index >= 15 is 0 Å². The van der Waals surface area contributed by atoms with Gasteiger partial charge in [-0.25, -0.2) is 9.78 Å². The number of carbonyl (C=O) groups is 1. The molecular formula is C22H16Cl2N2O3. The van der Waals surface area contributed by atoms with Gasteiger partial charge in [-0.3, -0.25) is 0 Å². The van der Waals surface area contributed by atoms with Gasteiger partial charge in [-0.05, 0) is 35.7 Å².